The lowest BCUT2D eigenvalue weighted by Crippen LogP contribution is -2.11. The first-order valence-electron chi connectivity index (χ1n) is 10.5. The molecule has 3 nitrogen and oxygen atoms in total. The van der Waals surface area contributed by atoms with E-state index in [1.54, 1.807) is 18.2 Å². The zero-order valence-electron chi connectivity index (χ0n) is 17.7. The minimum atomic E-state index is -4.81. The van der Waals surface area contributed by atoms with Gasteiger partial charge in [-0.3, -0.25) is 4.79 Å². The first-order valence-corrected chi connectivity index (χ1v) is 10.5. The SMILES string of the molecule is NC(=O)c1cccc2c1c1ccc(-c3ccccc3)cc1n2Cc1ccc(F)c(C(F)(F)F)c1. The summed E-state index contributed by atoms with van der Waals surface area (Å²) < 4.78 is 55.6. The van der Waals surface area contributed by atoms with Crippen molar-refractivity contribution in [1.82, 2.24) is 4.57 Å². The monoisotopic (exact) mass is 462 g/mol. The number of hydrogen-bond acceptors (Lipinski definition) is 1. The average molecular weight is 462 g/mol. The maximum Gasteiger partial charge on any atom is 0.419 e. The summed E-state index contributed by atoms with van der Waals surface area (Å²) in [6, 6.07) is 23.5. The molecule has 5 rings (SSSR count). The molecule has 0 saturated heterocycles. The van der Waals surface area contributed by atoms with E-state index in [9.17, 15) is 22.4 Å². The summed E-state index contributed by atoms with van der Waals surface area (Å²) >= 11 is 0. The molecule has 0 radical (unpaired) electrons. The average Bonchev–Trinajstić information content (AvgIpc) is 3.13. The molecule has 0 saturated carbocycles. The number of primary amides is 1. The molecular formula is C27H18F4N2O. The Kier molecular flexibility index (Phi) is 5.12. The number of nitrogens with zero attached hydrogens (tertiary/aromatic N) is 1. The van der Waals surface area contributed by atoms with Crippen molar-refractivity contribution in [2.45, 2.75) is 12.7 Å². The van der Waals surface area contributed by atoms with Crippen molar-refractivity contribution in [2.75, 3.05) is 0 Å². The molecule has 0 fully saturated rings. The number of benzene rings is 4. The Labute approximate surface area is 192 Å². The maximum atomic E-state index is 13.9. The van der Waals surface area contributed by atoms with E-state index in [-0.39, 0.29) is 12.1 Å². The summed E-state index contributed by atoms with van der Waals surface area (Å²) in [7, 11) is 0. The van der Waals surface area contributed by atoms with Crippen LogP contribution >= 0.6 is 0 Å². The van der Waals surface area contributed by atoms with Crippen molar-refractivity contribution in [1.29, 1.82) is 0 Å². The molecule has 0 spiro atoms. The molecule has 34 heavy (non-hydrogen) atoms. The van der Waals surface area contributed by atoms with Gasteiger partial charge in [-0.2, -0.15) is 13.2 Å². The highest BCUT2D eigenvalue weighted by molar-refractivity contribution is 6.18. The van der Waals surface area contributed by atoms with Crippen LogP contribution in [0.5, 0.6) is 0 Å². The van der Waals surface area contributed by atoms with Crippen LogP contribution in [-0.2, 0) is 12.7 Å². The lowest BCUT2D eigenvalue weighted by Gasteiger charge is -2.13. The topological polar surface area (TPSA) is 48.0 Å². The lowest BCUT2D eigenvalue weighted by molar-refractivity contribution is -0.140. The number of amides is 1. The zero-order valence-corrected chi connectivity index (χ0v) is 17.7. The number of alkyl halides is 3. The van der Waals surface area contributed by atoms with Gasteiger partial charge in [0.2, 0.25) is 5.91 Å². The molecule has 2 N–H and O–H groups in total. The summed E-state index contributed by atoms with van der Waals surface area (Å²) in [5.41, 5.74) is 8.17. The summed E-state index contributed by atoms with van der Waals surface area (Å²) in [5.74, 6) is -1.92. The number of carbonyl (C=O) groups excluding carboxylic acids is 1. The number of nitrogens with two attached hydrogens (primary N) is 1. The first kappa shape index (κ1) is 21.7. The van der Waals surface area contributed by atoms with Crippen molar-refractivity contribution in [2.24, 2.45) is 5.73 Å². The van der Waals surface area contributed by atoms with Crippen molar-refractivity contribution in [3.63, 3.8) is 0 Å². The number of hydrogen-bond donors (Lipinski definition) is 1. The normalized spacial score (nSPS) is 11.9. The smallest absolute Gasteiger partial charge is 0.366 e. The van der Waals surface area contributed by atoms with E-state index in [1.165, 1.54) is 6.07 Å². The summed E-state index contributed by atoms with van der Waals surface area (Å²) in [5, 5.41) is 1.38. The van der Waals surface area contributed by atoms with Gasteiger partial charge in [-0.05, 0) is 47.0 Å². The van der Waals surface area contributed by atoms with E-state index >= 15 is 0 Å². The van der Waals surface area contributed by atoms with Crippen molar-refractivity contribution < 1.29 is 22.4 Å². The van der Waals surface area contributed by atoms with Gasteiger partial charge >= 0.3 is 6.18 Å². The Balaban J connectivity index is 1.77. The molecule has 4 aromatic carbocycles. The standard InChI is InChI=1S/C27H18F4N2O/c28-22-12-9-16(13-21(22)27(29,30)31)15-33-23-8-4-7-20(26(32)34)25(23)19-11-10-18(14-24(19)33)17-5-2-1-3-6-17/h1-14H,15H2,(H2,32,34). The number of rotatable bonds is 4. The van der Waals surface area contributed by atoms with Crippen LogP contribution < -0.4 is 5.73 Å². The number of fused-ring (bicyclic) bond motifs is 3. The predicted molar refractivity (Wildman–Crippen MR) is 124 cm³/mol. The molecule has 0 bridgehead atoms. The minimum Gasteiger partial charge on any atom is -0.366 e. The third-order valence-electron chi connectivity index (χ3n) is 5.94. The zero-order chi connectivity index (χ0) is 24.0. The Morgan fingerprint density at radius 2 is 1.59 bits per heavy atom. The second kappa shape index (κ2) is 8.02. The van der Waals surface area contributed by atoms with Gasteiger partial charge in [-0.25, -0.2) is 4.39 Å². The number of aromatic nitrogens is 1. The van der Waals surface area contributed by atoms with Crippen LogP contribution in [0.2, 0.25) is 0 Å². The van der Waals surface area contributed by atoms with Crippen molar-refractivity contribution in [3.8, 4) is 11.1 Å². The molecule has 170 valence electrons. The molecule has 7 heteroatoms. The van der Waals surface area contributed by atoms with E-state index in [0.717, 1.165) is 34.2 Å². The summed E-state index contributed by atoms with van der Waals surface area (Å²) in [4.78, 5) is 12.2. The fourth-order valence-electron chi connectivity index (χ4n) is 4.40. The van der Waals surface area contributed by atoms with Gasteiger partial charge in [-0.15, -0.1) is 0 Å². The fraction of sp³-hybridized carbons (Fsp3) is 0.0741. The van der Waals surface area contributed by atoms with E-state index in [2.05, 4.69) is 0 Å². The number of halogens is 4. The van der Waals surface area contributed by atoms with Crippen LogP contribution in [0, 0.1) is 5.82 Å². The second-order valence-corrected chi connectivity index (χ2v) is 8.06. The van der Waals surface area contributed by atoms with Crippen LogP contribution in [0.3, 0.4) is 0 Å². The highest BCUT2D eigenvalue weighted by Gasteiger charge is 2.34. The van der Waals surface area contributed by atoms with Gasteiger partial charge in [0.15, 0.2) is 0 Å². The molecule has 0 atom stereocenters. The van der Waals surface area contributed by atoms with Crippen LogP contribution in [0.1, 0.15) is 21.5 Å². The van der Waals surface area contributed by atoms with Crippen molar-refractivity contribution >= 4 is 27.7 Å². The van der Waals surface area contributed by atoms with E-state index in [4.69, 9.17) is 5.73 Å². The van der Waals surface area contributed by atoms with E-state index in [1.807, 2.05) is 53.1 Å². The number of carbonyl (C=O) groups is 1. The molecule has 5 aromatic rings. The van der Waals surface area contributed by atoms with E-state index in [0.29, 0.717) is 16.5 Å². The van der Waals surface area contributed by atoms with Gasteiger partial charge in [0.05, 0.1) is 16.6 Å². The van der Waals surface area contributed by atoms with Gasteiger partial charge in [0.1, 0.15) is 5.82 Å². The molecule has 1 amide bonds. The summed E-state index contributed by atoms with van der Waals surface area (Å²) in [6.07, 6.45) is -4.81. The molecular weight excluding hydrogens is 444 g/mol. The molecule has 0 aliphatic carbocycles. The molecule has 1 aromatic heterocycles. The van der Waals surface area contributed by atoms with Crippen molar-refractivity contribution in [3.05, 3.63) is 107 Å². The third-order valence-corrected chi connectivity index (χ3v) is 5.94. The fourth-order valence-corrected chi connectivity index (χ4v) is 4.40. The Morgan fingerprint density at radius 3 is 2.29 bits per heavy atom. The highest BCUT2D eigenvalue weighted by atomic mass is 19.4. The van der Waals surface area contributed by atoms with Gasteiger partial charge in [-0.1, -0.05) is 54.6 Å². The van der Waals surface area contributed by atoms with Gasteiger partial charge in [0, 0.05) is 22.9 Å². The van der Waals surface area contributed by atoms with E-state index < -0.39 is 23.5 Å². The minimum absolute atomic E-state index is 0.0455. The Bertz CT molecular complexity index is 1550. The third kappa shape index (κ3) is 3.69. The van der Waals surface area contributed by atoms with Crippen LogP contribution in [0.4, 0.5) is 17.6 Å². The summed E-state index contributed by atoms with van der Waals surface area (Å²) in [6.45, 7) is 0.0455. The molecule has 0 aliphatic rings. The second-order valence-electron chi connectivity index (χ2n) is 8.06. The predicted octanol–water partition coefficient (Wildman–Crippen LogP) is 6.77. The van der Waals surface area contributed by atoms with Gasteiger partial charge in [0.25, 0.3) is 0 Å². The Morgan fingerprint density at radius 1 is 0.824 bits per heavy atom. The van der Waals surface area contributed by atoms with Crippen LogP contribution in [0.15, 0.2) is 84.9 Å². The lowest BCUT2D eigenvalue weighted by atomic mass is 10.0. The van der Waals surface area contributed by atoms with Crippen LogP contribution in [-0.4, -0.2) is 10.5 Å². The first-order chi connectivity index (χ1) is 16.2. The highest BCUT2D eigenvalue weighted by Crippen LogP contribution is 2.36. The van der Waals surface area contributed by atoms with Crippen LogP contribution in [0.25, 0.3) is 32.9 Å². The molecule has 1 heterocycles. The quantitative estimate of drug-likeness (QED) is 0.295. The molecule has 0 aliphatic heterocycles. The Hall–Kier alpha value is -4.13. The molecule has 0 unspecified atom stereocenters. The largest absolute Gasteiger partial charge is 0.419 e. The van der Waals surface area contributed by atoms with Gasteiger partial charge < -0.3 is 10.3 Å². The maximum absolute atomic E-state index is 13.9.